The monoisotopic (exact) mass is 582 g/mol. The summed E-state index contributed by atoms with van der Waals surface area (Å²) in [6, 6.07) is 20.6. The number of thiazole rings is 1. The van der Waals surface area contributed by atoms with Crippen LogP contribution >= 0.6 is 11.3 Å². The standard InChI is InChI=1S/C30H34N2O6S2/c1-21-7-14-26(15-8-21)40(33,34)37-20-25(38-29-6-4-5-17-35-29)19-36-24-13-16-27-28(18-24)39-30(31-27)22-9-11-23(12-10-22)32(2)3/h7-16,18,25,29H,4-6,17,19-20H2,1-3H3/t25-,29?/m1/s1. The van der Waals surface area contributed by atoms with Crippen molar-refractivity contribution >= 4 is 37.4 Å². The van der Waals surface area contributed by atoms with Gasteiger partial charge in [-0.1, -0.05) is 17.7 Å². The molecule has 0 saturated carbocycles. The molecule has 0 aliphatic carbocycles. The topological polar surface area (TPSA) is 87.2 Å². The normalized spacial score (nSPS) is 16.6. The first-order valence-electron chi connectivity index (χ1n) is 13.3. The number of aromatic nitrogens is 1. The third-order valence-electron chi connectivity index (χ3n) is 6.63. The average molecular weight is 583 g/mol. The molecule has 2 heterocycles. The lowest BCUT2D eigenvalue weighted by molar-refractivity contribution is -0.198. The van der Waals surface area contributed by atoms with Gasteiger partial charge < -0.3 is 19.1 Å². The van der Waals surface area contributed by atoms with Gasteiger partial charge >= 0.3 is 0 Å². The molecule has 0 amide bonds. The van der Waals surface area contributed by atoms with Gasteiger partial charge in [0.05, 0.1) is 21.7 Å². The summed E-state index contributed by atoms with van der Waals surface area (Å²) in [5.74, 6) is 0.644. The fourth-order valence-electron chi connectivity index (χ4n) is 4.31. The molecule has 1 aromatic heterocycles. The third kappa shape index (κ3) is 7.18. The molecule has 1 aliphatic rings. The molecule has 2 atom stereocenters. The first-order valence-corrected chi connectivity index (χ1v) is 15.5. The highest BCUT2D eigenvalue weighted by Crippen LogP contribution is 2.33. The zero-order chi connectivity index (χ0) is 28.1. The molecule has 1 aliphatic heterocycles. The number of hydrogen-bond acceptors (Lipinski definition) is 9. The van der Waals surface area contributed by atoms with Gasteiger partial charge in [0.25, 0.3) is 10.1 Å². The maximum Gasteiger partial charge on any atom is 0.297 e. The lowest BCUT2D eigenvalue weighted by Crippen LogP contribution is -2.35. The minimum Gasteiger partial charge on any atom is -0.491 e. The summed E-state index contributed by atoms with van der Waals surface area (Å²) < 4.78 is 49.8. The van der Waals surface area contributed by atoms with Gasteiger partial charge in [0.1, 0.15) is 23.5 Å². The van der Waals surface area contributed by atoms with Crippen LogP contribution in [-0.2, 0) is 23.8 Å². The van der Waals surface area contributed by atoms with Gasteiger partial charge in [-0.2, -0.15) is 8.42 Å². The van der Waals surface area contributed by atoms with Crippen LogP contribution < -0.4 is 9.64 Å². The van der Waals surface area contributed by atoms with Crippen molar-refractivity contribution in [3.05, 3.63) is 72.3 Å². The van der Waals surface area contributed by atoms with Crippen LogP contribution in [0.15, 0.2) is 71.6 Å². The van der Waals surface area contributed by atoms with E-state index in [4.69, 9.17) is 23.4 Å². The number of rotatable bonds is 11. The fourth-order valence-corrected chi connectivity index (χ4v) is 6.24. The first kappa shape index (κ1) is 28.5. The van der Waals surface area contributed by atoms with E-state index in [1.54, 1.807) is 23.5 Å². The molecule has 40 heavy (non-hydrogen) atoms. The van der Waals surface area contributed by atoms with Crippen LogP contribution in [0.5, 0.6) is 5.75 Å². The maximum atomic E-state index is 12.8. The number of nitrogens with zero attached hydrogens (tertiary/aromatic N) is 2. The minimum absolute atomic E-state index is 0.104. The predicted molar refractivity (Wildman–Crippen MR) is 158 cm³/mol. The number of ether oxygens (including phenoxy) is 3. The molecular weight excluding hydrogens is 548 g/mol. The molecule has 0 bridgehead atoms. The van der Waals surface area contributed by atoms with E-state index < -0.39 is 22.5 Å². The smallest absolute Gasteiger partial charge is 0.297 e. The number of aryl methyl sites for hydroxylation is 1. The Balaban J connectivity index is 1.27. The number of fused-ring (bicyclic) bond motifs is 1. The summed E-state index contributed by atoms with van der Waals surface area (Å²) in [6.45, 7) is 2.43. The lowest BCUT2D eigenvalue weighted by Gasteiger charge is -2.27. The van der Waals surface area contributed by atoms with Crippen molar-refractivity contribution in [2.75, 3.05) is 38.8 Å². The van der Waals surface area contributed by atoms with Crippen LogP contribution in [0.2, 0.25) is 0 Å². The molecule has 212 valence electrons. The van der Waals surface area contributed by atoms with Gasteiger partial charge in [-0.25, -0.2) is 4.98 Å². The molecule has 0 radical (unpaired) electrons. The average Bonchev–Trinajstić information content (AvgIpc) is 3.39. The van der Waals surface area contributed by atoms with Crippen molar-refractivity contribution in [3.63, 3.8) is 0 Å². The summed E-state index contributed by atoms with van der Waals surface area (Å²) in [5.41, 5.74) is 4.05. The molecule has 8 nitrogen and oxygen atoms in total. The van der Waals surface area contributed by atoms with E-state index in [2.05, 4.69) is 29.2 Å². The molecule has 10 heteroatoms. The summed E-state index contributed by atoms with van der Waals surface area (Å²) >= 11 is 1.59. The van der Waals surface area contributed by atoms with Gasteiger partial charge in [-0.05, 0) is 80.8 Å². The van der Waals surface area contributed by atoms with Crippen LogP contribution in [0.3, 0.4) is 0 Å². The fraction of sp³-hybridized carbons (Fsp3) is 0.367. The summed E-state index contributed by atoms with van der Waals surface area (Å²) in [4.78, 5) is 6.95. The van der Waals surface area contributed by atoms with Gasteiger partial charge in [0.15, 0.2) is 6.29 Å². The van der Waals surface area contributed by atoms with E-state index in [9.17, 15) is 8.42 Å². The number of hydrogen-bond donors (Lipinski definition) is 0. The summed E-state index contributed by atoms with van der Waals surface area (Å²) in [6.07, 6.45) is 1.65. The second kappa shape index (κ2) is 12.7. The van der Waals surface area contributed by atoms with Crippen LogP contribution in [-0.4, -0.2) is 59.7 Å². The largest absolute Gasteiger partial charge is 0.491 e. The quantitative estimate of drug-likeness (QED) is 0.198. The molecule has 0 N–H and O–H groups in total. The van der Waals surface area contributed by atoms with Crippen molar-refractivity contribution in [2.45, 2.75) is 43.5 Å². The Labute approximate surface area is 239 Å². The highest BCUT2D eigenvalue weighted by Gasteiger charge is 2.24. The van der Waals surface area contributed by atoms with Crippen LogP contribution in [0.1, 0.15) is 24.8 Å². The lowest BCUT2D eigenvalue weighted by atomic mass is 10.2. The van der Waals surface area contributed by atoms with Crippen molar-refractivity contribution < 1.29 is 26.8 Å². The number of benzene rings is 3. The van der Waals surface area contributed by atoms with E-state index in [0.29, 0.717) is 12.4 Å². The molecule has 1 saturated heterocycles. The highest BCUT2D eigenvalue weighted by molar-refractivity contribution is 7.86. The Kier molecular flexibility index (Phi) is 9.02. The second-order valence-electron chi connectivity index (χ2n) is 10.0. The second-order valence-corrected chi connectivity index (χ2v) is 12.7. The molecule has 5 rings (SSSR count). The van der Waals surface area contributed by atoms with E-state index >= 15 is 0 Å². The van der Waals surface area contributed by atoms with Crippen LogP contribution in [0, 0.1) is 6.92 Å². The van der Waals surface area contributed by atoms with Crippen molar-refractivity contribution in [1.29, 1.82) is 0 Å². The molecule has 4 aromatic rings. The van der Waals surface area contributed by atoms with E-state index in [1.807, 2.05) is 39.2 Å². The van der Waals surface area contributed by atoms with Gasteiger partial charge in [-0.3, -0.25) is 4.18 Å². The summed E-state index contributed by atoms with van der Waals surface area (Å²) in [5, 5.41) is 0.933. The third-order valence-corrected chi connectivity index (χ3v) is 8.99. The molecule has 3 aromatic carbocycles. The number of anilines is 1. The van der Waals surface area contributed by atoms with Crippen LogP contribution in [0.25, 0.3) is 20.8 Å². The Morgan fingerprint density at radius 3 is 2.50 bits per heavy atom. The zero-order valence-electron chi connectivity index (χ0n) is 22.9. The van der Waals surface area contributed by atoms with E-state index in [-0.39, 0.29) is 18.1 Å². The van der Waals surface area contributed by atoms with Crippen molar-refractivity contribution in [2.24, 2.45) is 0 Å². The van der Waals surface area contributed by atoms with Gasteiger partial charge in [0.2, 0.25) is 0 Å². The van der Waals surface area contributed by atoms with Crippen LogP contribution in [0.4, 0.5) is 5.69 Å². The van der Waals surface area contributed by atoms with Gasteiger partial charge in [-0.15, -0.1) is 11.3 Å². The summed E-state index contributed by atoms with van der Waals surface area (Å²) in [7, 11) is 0.0885. The molecular formula is C30H34N2O6S2. The SMILES string of the molecule is Cc1ccc(S(=O)(=O)OC[C@@H](COc2ccc3nc(-c4ccc(N(C)C)cc4)sc3c2)OC2CCCCO2)cc1. The first-order chi connectivity index (χ1) is 19.3. The highest BCUT2D eigenvalue weighted by atomic mass is 32.2. The predicted octanol–water partition coefficient (Wildman–Crippen LogP) is 6.03. The maximum absolute atomic E-state index is 12.8. The molecule has 1 unspecified atom stereocenters. The van der Waals surface area contributed by atoms with Crippen molar-refractivity contribution in [1.82, 2.24) is 4.98 Å². The molecule has 1 fully saturated rings. The van der Waals surface area contributed by atoms with Gasteiger partial charge in [0, 0.05) is 32.0 Å². The molecule has 0 spiro atoms. The zero-order valence-corrected chi connectivity index (χ0v) is 24.5. The Bertz CT molecular complexity index is 1510. The van der Waals surface area contributed by atoms with E-state index in [1.165, 1.54) is 12.1 Å². The Hall–Kier alpha value is -3.02. The minimum atomic E-state index is -3.94. The Morgan fingerprint density at radius 1 is 1.02 bits per heavy atom. The van der Waals surface area contributed by atoms with Crippen molar-refractivity contribution in [3.8, 4) is 16.3 Å². The van der Waals surface area contributed by atoms with E-state index in [0.717, 1.165) is 51.3 Å². The Morgan fingerprint density at radius 2 is 1.80 bits per heavy atom.